The molecular formula is C9H13N3O. The summed E-state index contributed by atoms with van der Waals surface area (Å²) in [4.78, 5) is 11.2. The van der Waals surface area contributed by atoms with Gasteiger partial charge in [-0.25, -0.2) is 0 Å². The minimum Gasteiger partial charge on any atom is -0.328 e. The molecule has 1 aromatic rings. The summed E-state index contributed by atoms with van der Waals surface area (Å²) >= 11 is 0. The Morgan fingerprint density at radius 1 is 1.38 bits per heavy atom. The molecule has 1 atom stereocenters. The lowest BCUT2D eigenvalue weighted by Gasteiger charge is -2.09. The first-order valence-corrected chi connectivity index (χ1v) is 4.05. The standard InChI is InChI=1S/C9H13N3O/c10-6-8(11)9(13)12-7-4-2-1-3-5-7/h1-5,8H,6,10-11H2,(H,12,13). The van der Waals surface area contributed by atoms with Gasteiger partial charge in [0.15, 0.2) is 0 Å². The first kappa shape index (κ1) is 9.70. The summed E-state index contributed by atoms with van der Waals surface area (Å²) in [6.07, 6.45) is 0. The number of para-hydroxylation sites is 1. The molecule has 1 aromatic carbocycles. The highest BCUT2D eigenvalue weighted by atomic mass is 16.2. The Balaban J connectivity index is 2.55. The zero-order valence-corrected chi connectivity index (χ0v) is 7.23. The third-order valence-corrected chi connectivity index (χ3v) is 1.63. The van der Waals surface area contributed by atoms with E-state index in [0.29, 0.717) is 0 Å². The van der Waals surface area contributed by atoms with Crippen molar-refractivity contribution in [3.05, 3.63) is 30.3 Å². The van der Waals surface area contributed by atoms with Crippen LogP contribution in [0.1, 0.15) is 0 Å². The fourth-order valence-electron chi connectivity index (χ4n) is 0.863. The van der Waals surface area contributed by atoms with Crippen molar-refractivity contribution in [3.63, 3.8) is 0 Å². The summed E-state index contributed by atoms with van der Waals surface area (Å²) in [6.45, 7) is 0.151. The highest BCUT2D eigenvalue weighted by Gasteiger charge is 2.10. The molecule has 0 saturated carbocycles. The van der Waals surface area contributed by atoms with Crippen LogP contribution < -0.4 is 16.8 Å². The fourth-order valence-corrected chi connectivity index (χ4v) is 0.863. The van der Waals surface area contributed by atoms with Gasteiger partial charge in [0.05, 0.1) is 6.04 Å². The van der Waals surface area contributed by atoms with Crippen LogP contribution in [0.25, 0.3) is 0 Å². The number of carbonyl (C=O) groups excluding carboxylic acids is 1. The van der Waals surface area contributed by atoms with E-state index in [1.54, 1.807) is 12.1 Å². The van der Waals surface area contributed by atoms with Crippen molar-refractivity contribution in [1.29, 1.82) is 0 Å². The lowest BCUT2D eigenvalue weighted by Crippen LogP contribution is -2.41. The van der Waals surface area contributed by atoms with Crippen LogP contribution in [0.15, 0.2) is 30.3 Å². The van der Waals surface area contributed by atoms with Gasteiger partial charge in [-0.15, -0.1) is 0 Å². The molecule has 5 N–H and O–H groups in total. The Labute approximate surface area is 76.9 Å². The van der Waals surface area contributed by atoms with Gasteiger partial charge in [0, 0.05) is 12.2 Å². The molecule has 0 aliphatic heterocycles. The van der Waals surface area contributed by atoms with Crippen molar-refractivity contribution in [2.24, 2.45) is 11.5 Å². The van der Waals surface area contributed by atoms with Gasteiger partial charge in [-0.3, -0.25) is 4.79 Å². The zero-order valence-electron chi connectivity index (χ0n) is 7.23. The molecule has 0 bridgehead atoms. The molecular weight excluding hydrogens is 166 g/mol. The summed E-state index contributed by atoms with van der Waals surface area (Å²) in [7, 11) is 0. The van der Waals surface area contributed by atoms with Crippen molar-refractivity contribution in [2.75, 3.05) is 11.9 Å². The van der Waals surface area contributed by atoms with Crippen molar-refractivity contribution >= 4 is 11.6 Å². The number of hydrogen-bond donors (Lipinski definition) is 3. The van der Waals surface area contributed by atoms with Crippen LogP contribution >= 0.6 is 0 Å². The van der Waals surface area contributed by atoms with E-state index in [-0.39, 0.29) is 12.5 Å². The molecule has 0 aliphatic rings. The molecule has 0 fully saturated rings. The lowest BCUT2D eigenvalue weighted by atomic mass is 10.2. The molecule has 0 spiro atoms. The van der Waals surface area contributed by atoms with E-state index in [2.05, 4.69) is 5.32 Å². The minimum atomic E-state index is -0.639. The van der Waals surface area contributed by atoms with Crippen molar-refractivity contribution in [1.82, 2.24) is 0 Å². The second-order valence-corrected chi connectivity index (χ2v) is 2.70. The van der Waals surface area contributed by atoms with Crippen LogP contribution in [-0.2, 0) is 4.79 Å². The number of anilines is 1. The van der Waals surface area contributed by atoms with Gasteiger partial charge in [0.2, 0.25) is 5.91 Å². The van der Waals surface area contributed by atoms with E-state index >= 15 is 0 Å². The van der Waals surface area contributed by atoms with Crippen molar-refractivity contribution in [2.45, 2.75) is 6.04 Å². The molecule has 4 heteroatoms. The van der Waals surface area contributed by atoms with Gasteiger partial charge in [-0.2, -0.15) is 0 Å². The van der Waals surface area contributed by atoms with E-state index in [4.69, 9.17) is 11.5 Å². The summed E-state index contributed by atoms with van der Waals surface area (Å²) in [5.41, 5.74) is 11.4. The highest BCUT2D eigenvalue weighted by molar-refractivity contribution is 5.94. The van der Waals surface area contributed by atoms with Crippen molar-refractivity contribution < 1.29 is 4.79 Å². The average Bonchev–Trinajstić information content (AvgIpc) is 2.18. The Morgan fingerprint density at radius 2 is 2.00 bits per heavy atom. The molecule has 1 unspecified atom stereocenters. The molecule has 1 amide bonds. The van der Waals surface area contributed by atoms with E-state index in [1.165, 1.54) is 0 Å². The van der Waals surface area contributed by atoms with Gasteiger partial charge >= 0.3 is 0 Å². The van der Waals surface area contributed by atoms with Crippen LogP contribution in [0.2, 0.25) is 0 Å². The summed E-state index contributed by atoms with van der Waals surface area (Å²) in [5, 5.41) is 2.65. The highest BCUT2D eigenvalue weighted by Crippen LogP contribution is 2.04. The van der Waals surface area contributed by atoms with E-state index in [1.807, 2.05) is 18.2 Å². The van der Waals surface area contributed by atoms with Gasteiger partial charge < -0.3 is 16.8 Å². The fraction of sp³-hybridized carbons (Fsp3) is 0.222. The predicted octanol–water partition coefficient (Wildman–Crippen LogP) is -0.0889. The topological polar surface area (TPSA) is 81.1 Å². The third kappa shape index (κ3) is 2.85. The number of hydrogen-bond acceptors (Lipinski definition) is 3. The molecule has 0 heterocycles. The van der Waals surface area contributed by atoms with Gasteiger partial charge in [-0.1, -0.05) is 18.2 Å². The number of nitrogens with one attached hydrogen (secondary N) is 1. The molecule has 70 valence electrons. The maximum Gasteiger partial charge on any atom is 0.242 e. The maximum atomic E-state index is 11.2. The zero-order chi connectivity index (χ0) is 9.68. The number of nitrogens with two attached hydrogens (primary N) is 2. The smallest absolute Gasteiger partial charge is 0.242 e. The predicted molar refractivity (Wildman–Crippen MR) is 52.1 cm³/mol. The number of benzene rings is 1. The lowest BCUT2D eigenvalue weighted by molar-refractivity contribution is -0.117. The van der Waals surface area contributed by atoms with E-state index in [9.17, 15) is 4.79 Å². The monoisotopic (exact) mass is 179 g/mol. The molecule has 4 nitrogen and oxygen atoms in total. The second-order valence-electron chi connectivity index (χ2n) is 2.70. The Kier molecular flexibility index (Phi) is 3.42. The second kappa shape index (κ2) is 4.59. The normalized spacial score (nSPS) is 12.2. The number of amides is 1. The van der Waals surface area contributed by atoms with Crippen LogP contribution in [0.5, 0.6) is 0 Å². The van der Waals surface area contributed by atoms with Crippen LogP contribution in [-0.4, -0.2) is 18.5 Å². The first-order chi connectivity index (χ1) is 6.24. The first-order valence-electron chi connectivity index (χ1n) is 4.05. The molecule has 0 aromatic heterocycles. The maximum absolute atomic E-state index is 11.2. The Hall–Kier alpha value is -1.39. The van der Waals surface area contributed by atoms with Crippen LogP contribution in [0, 0.1) is 0 Å². The SMILES string of the molecule is NCC(N)C(=O)Nc1ccccc1. The van der Waals surface area contributed by atoms with Gasteiger partial charge in [0.25, 0.3) is 0 Å². The summed E-state index contributed by atoms with van der Waals surface area (Å²) in [6, 6.07) is 8.49. The van der Waals surface area contributed by atoms with E-state index in [0.717, 1.165) is 5.69 Å². The van der Waals surface area contributed by atoms with Crippen LogP contribution in [0.3, 0.4) is 0 Å². The molecule has 0 aliphatic carbocycles. The average molecular weight is 179 g/mol. The van der Waals surface area contributed by atoms with Gasteiger partial charge in [-0.05, 0) is 12.1 Å². The summed E-state index contributed by atoms with van der Waals surface area (Å²) < 4.78 is 0. The summed E-state index contributed by atoms with van der Waals surface area (Å²) in [5.74, 6) is -0.256. The molecule has 1 rings (SSSR count). The van der Waals surface area contributed by atoms with Crippen molar-refractivity contribution in [3.8, 4) is 0 Å². The largest absolute Gasteiger partial charge is 0.328 e. The molecule has 13 heavy (non-hydrogen) atoms. The Morgan fingerprint density at radius 3 is 2.54 bits per heavy atom. The number of carbonyl (C=O) groups is 1. The quantitative estimate of drug-likeness (QED) is 0.606. The molecule has 0 radical (unpaired) electrons. The van der Waals surface area contributed by atoms with Gasteiger partial charge in [0.1, 0.15) is 0 Å². The van der Waals surface area contributed by atoms with E-state index < -0.39 is 6.04 Å². The minimum absolute atomic E-state index is 0.151. The third-order valence-electron chi connectivity index (χ3n) is 1.63. The molecule has 0 saturated heterocycles. The number of rotatable bonds is 3. The van der Waals surface area contributed by atoms with Crippen LogP contribution in [0.4, 0.5) is 5.69 Å². The Bertz CT molecular complexity index is 273.